The molecule has 1 fully saturated rings. The number of carbonyl (C=O) groups is 1. The van der Waals surface area contributed by atoms with Crippen molar-refractivity contribution >= 4 is 27.5 Å². The number of halogens is 3. The van der Waals surface area contributed by atoms with E-state index in [2.05, 4.69) is 9.46 Å². The number of piperidine rings is 1. The highest BCUT2D eigenvalue weighted by Gasteiger charge is 2.45. The highest BCUT2D eigenvalue weighted by molar-refractivity contribution is 7.89. The SMILES string of the molecule is COC(=O)N1C[C@H](NS(=O)(=O)c2ccc(OC(F)(F)F)cc2)[C@@H](O)[C@@H](N2c3ccccc3Oc3ccccc32)C1. The Labute approximate surface area is 227 Å². The molecule has 5 rings (SSSR count). The number of fused-ring (bicyclic) bond motifs is 2. The molecular weight excluding hydrogens is 555 g/mol. The van der Waals surface area contributed by atoms with Crippen molar-refractivity contribution in [2.75, 3.05) is 25.1 Å². The van der Waals surface area contributed by atoms with Gasteiger partial charge in [0.15, 0.2) is 11.5 Å². The van der Waals surface area contributed by atoms with E-state index in [-0.39, 0.29) is 18.0 Å². The molecule has 1 saturated heterocycles. The second-order valence-electron chi connectivity index (χ2n) is 9.09. The number of hydrogen-bond donors (Lipinski definition) is 2. The number of nitrogens with one attached hydrogen (secondary N) is 1. The number of methoxy groups -OCH3 is 1. The molecule has 0 unspecified atom stereocenters. The van der Waals surface area contributed by atoms with Gasteiger partial charge in [0.1, 0.15) is 5.75 Å². The second-order valence-corrected chi connectivity index (χ2v) is 10.8. The summed E-state index contributed by atoms with van der Waals surface area (Å²) in [6.07, 6.45) is -7.01. The molecule has 2 N–H and O–H groups in total. The van der Waals surface area contributed by atoms with Crippen LogP contribution in [0.25, 0.3) is 0 Å². The van der Waals surface area contributed by atoms with Gasteiger partial charge in [-0.15, -0.1) is 13.2 Å². The number of likely N-dealkylation sites (tertiary alicyclic amines) is 1. The van der Waals surface area contributed by atoms with Gasteiger partial charge in [-0.05, 0) is 48.5 Å². The molecule has 0 saturated carbocycles. The maximum absolute atomic E-state index is 13.2. The molecule has 2 aliphatic heterocycles. The average Bonchev–Trinajstić information content (AvgIpc) is 2.92. The van der Waals surface area contributed by atoms with Crippen LogP contribution < -0.4 is 19.1 Å². The van der Waals surface area contributed by atoms with Crippen molar-refractivity contribution in [3.63, 3.8) is 0 Å². The number of ether oxygens (including phenoxy) is 3. The van der Waals surface area contributed by atoms with Crippen LogP contribution in [0.15, 0.2) is 77.7 Å². The number of benzene rings is 3. The van der Waals surface area contributed by atoms with Crippen LogP contribution in [0.4, 0.5) is 29.3 Å². The zero-order valence-electron chi connectivity index (χ0n) is 20.9. The first kappa shape index (κ1) is 27.6. The predicted molar refractivity (Wildman–Crippen MR) is 136 cm³/mol. The summed E-state index contributed by atoms with van der Waals surface area (Å²) in [4.78, 5) is 15.3. The fraction of sp³-hybridized carbons (Fsp3) is 0.269. The third kappa shape index (κ3) is 5.50. The van der Waals surface area contributed by atoms with E-state index < -0.39 is 46.4 Å². The monoisotopic (exact) mass is 579 g/mol. The van der Waals surface area contributed by atoms with Crippen LogP contribution in [-0.4, -0.2) is 69.3 Å². The van der Waals surface area contributed by atoms with Gasteiger partial charge in [-0.25, -0.2) is 17.9 Å². The maximum atomic E-state index is 13.2. The number of alkyl halides is 3. The van der Waals surface area contributed by atoms with Crippen LogP contribution in [0, 0.1) is 0 Å². The first-order valence-corrected chi connectivity index (χ1v) is 13.5. The molecule has 3 aromatic rings. The number of para-hydroxylation sites is 4. The Morgan fingerprint density at radius 2 is 1.55 bits per heavy atom. The van der Waals surface area contributed by atoms with Crippen molar-refractivity contribution in [3.05, 3.63) is 72.8 Å². The molecule has 2 aliphatic rings. The Morgan fingerprint density at radius 3 is 2.10 bits per heavy atom. The van der Waals surface area contributed by atoms with Gasteiger partial charge in [0.05, 0.1) is 41.6 Å². The Kier molecular flexibility index (Phi) is 7.25. The number of nitrogens with zero attached hydrogens (tertiary/aromatic N) is 2. The topological polar surface area (TPSA) is 118 Å². The number of rotatable bonds is 5. The summed E-state index contributed by atoms with van der Waals surface area (Å²) in [7, 11) is -3.17. The second kappa shape index (κ2) is 10.5. The summed E-state index contributed by atoms with van der Waals surface area (Å²) in [5.41, 5.74) is 1.19. The van der Waals surface area contributed by atoms with Gasteiger partial charge in [0, 0.05) is 13.1 Å². The van der Waals surface area contributed by atoms with Crippen LogP contribution in [0.2, 0.25) is 0 Å². The number of amides is 1. The molecule has 10 nitrogen and oxygen atoms in total. The number of sulfonamides is 1. The standard InChI is InChI=1S/C26H24F3N3O7S/c1-37-25(34)31-14-18(30-40(35,36)17-12-10-16(11-13-17)39-26(27,28)29)24(33)21(15-31)32-19-6-2-4-8-22(19)38-23-9-5-3-7-20(23)32/h2-13,18,21,24,30,33H,14-15H2,1H3/t18-,21-,24+/m0/s1. The van der Waals surface area contributed by atoms with Crippen LogP contribution in [0.1, 0.15) is 0 Å². The molecular formula is C26H24F3N3O7S. The minimum Gasteiger partial charge on any atom is -0.453 e. The van der Waals surface area contributed by atoms with E-state index in [0.717, 1.165) is 24.3 Å². The van der Waals surface area contributed by atoms with E-state index in [0.29, 0.717) is 22.9 Å². The van der Waals surface area contributed by atoms with Gasteiger partial charge < -0.3 is 29.1 Å². The summed E-state index contributed by atoms with van der Waals surface area (Å²) in [5, 5.41) is 11.6. The van der Waals surface area contributed by atoms with E-state index in [9.17, 15) is 31.5 Å². The zero-order chi connectivity index (χ0) is 28.7. The lowest BCUT2D eigenvalue weighted by Gasteiger charge is -2.47. The van der Waals surface area contributed by atoms with Gasteiger partial charge >= 0.3 is 12.5 Å². The normalized spacial score (nSPS) is 20.7. The molecule has 3 aromatic carbocycles. The van der Waals surface area contributed by atoms with Crippen LogP contribution in [0.5, 0.6) is 17.2 Å². The average molecular weight is 580 g/mol. The van der Waals surface area contributed by atoms with Crippen LogP contribution in [-0.2, 0) is 14.8 Å². The maximum Gasteiger partial charge on any atom is 0.573 e. The Balaban J connectivity index is 1.48. The third-order valence-electron chi connectivity index (χ3n) is 6.54. The molecule has 0 bridgehead atoms. The van der Waals surface area contributed by atoms with Crippen molar-refractivity contribution in [2.24, 2.45) is 0 Å². The fourth-order valence-corrected chi connectivity index (χ4v) is 6.06. The molecule has 14 heteroatoms. The van der Waals surface area contributed by atoms with Crippen molar-refractivity contribution in [1.82, 2.24) is 9.62 Å². The summed E-state index contributed by atoms with van der Waals surface area (Å²) >= 11 is 0. The minimum atomic E-state index is -4.94. The third-order valence-corrected chi connectivity index (χ3v) is 8.04. The molecule has 2 heterocycles. The minimum absolute atomic E-state index is 0.0157. The lowest BCUT2D eigenvalue weighted by atomic mass is 9.94. The molecule has 40 heavy (non-hydrogen) atoms. The van der Waals surface area contributed by atoms with E-state index in [4.69, 9.17) is 9.47 Å². The van der Waals surface area contributed by atoms with Crippen molar-refractivity contribution in [2.45, 2.75) is 29.4 Å². The van der Waals surface area contributed by atoms with E-state index >= 15 is 0 Å². The molecule has 0 spiro atoms. The fourth-order valence-electron chi connectivity index (χ4n) is 4.82. The van der Waals surface area contributed by atoms with E-state index in [1.165, 1.54) is 12.0 Å². The number of aliphatic hydroxyl groups excluding tert-OH is 1. The van der Waals surface area contributed by atoms with Gasteiger partial charge in [-0.3, -0.25) is 0 Å². The largest absolute Gasteiger partial charge is 0.573 e. The molecule has 1 amide bonds. The number of hydrogen-bond acceptors (Lipinski definition) is 8. The highest BCUT2D eigenvalue weighted by atomic mass is 32.2. The highest BCUT2D eigenvalue weighted by Crippen LogP contribution is 2.48. The van der Waals surface area contributed by atoms with Crippen molar-refractivity contribution in [1.29, 1.82) is 0 Å². The molecule has 0 aliphatic carbocycles. The Hall–Kier alpha value is -4.01. The van der Waals surface area contributed by atoms with E-state index in [1.807, 2.05) is 0 Å². The van der Waals surface area contributed by atoms with Crippen molar-refractivity contribution in [3.8, 4) is 17.2 Å². The summed E-state index contributed by atoms with van der Waals surface area (Å²) in [6.45, 7) is -0.245. The van der Waals surface area contributed by atoms with Gasteiger partial charge in [-0.1, -0.05) is 24.3 Å². The van der Waals surface area contributed by atoms with Gasteiger partial charge in [0.25, 0.3) is 0 Å². The lowest BCUT2D eigenvalue weighted by Crippen LogP contribution is -2.66. The van der Waals surface area contributed by atoms with Gasteiger partial charge in [0.2, 0.25) is 10.0 Å². The smallest absolute Gasteiger partial charge is 0.453 e. The number of aliphatic hydroxyl groups is 1. The predicted octanol–water partition coefficient (Wildman–Crippen LogP) is 3.99. The summed E-state index contributed by atoms with van der Waals surface area (Å²) < 4.78 is 81.0. The molecule has 0 aromatic heterocycles. The Morgan fingerprint density at radius 1 is 0.975 bits per heavy atom. The van der Waals surface area contributed by atoms with Crippen LogP contribution >= 0.6 is 0 Å². The molecule has 3 atom stereocenters. The quantitative estimate of drug-likeness (QED) is 0.466. The first-order chi connectivity index (χ1) is 19.0. The molecule has 0 radical (unpaired) electrons. The van der Waals surface area contributed by atoms with Gasteiger partial charge in [-0.2, -0.15) is 0 Å². The number of carbonyl (C=O) groups excluding carboxylic acids is 1. The first-order valence-electron chi connectivity index (χ1n) is 12.0. The van der Waals surface area contributed by atoms with Crippen LogP contribution in [0.3, 0.4) is 0 Å². The number of anilines is 2. The summed E-state index contributed by atoms with van der Waals surface area (Å²) in [6, 6.07) is 15.7. The molecule has 212 valence electrons. The lowest BCUT2D eigenvalue weighted by molar-refractivity contribution is -0.274. The van der Waals surface area contributed by atoms with E-state index in [1.54, 1.807) is 53.4 Å². The summed E-state index contributed by atoms with van der Waals surface area (Å²) in [5.74, 6) is 0.412. The van der Waals surface area contributed by atoms with Crippen molar-refractivity contribution < 1.29 is 45.7 Å². The Bertz CT molecular complexity index is 1460. The zero-order valence-corrected chi connectivity index (χ0v) is 21.7.